The topological polar surface area (TPSA) is 59.5 Å². The van der Waals surface area contributed by atoms with Gasteiger partial charge < -0.3 is 15.1 Å². The second kappa shape index (κ2) is 4.70. The van der Waals surface area contributed by atoms with Crippen molar-refractivity contribution in [2.24, 2.45) is 11.7 Å². The van der Waals surface area contributed by atoms with Crippen LogP contribution >= 0.6 is 0 Å². The van der Waals surface area contributed by atoms with Crippen molar-refractivity contribution in [2.75, 3.05) is 13.1 Å². The van der Waals surface area contributed by atoms with Crippen molar-refractivity contribution in [3.05, 3.63) is 36.1 Å². The fraction of sp³-hybridized carbons (Fsp3) is 0.400. The lowest BCUT2D eigenvalue weighted by Gasteiger charge is -2.34. The van der Waals surface area contributed by atoms with Gasteiger partial charge in [-0.2, -0.15) is 0 Å². The highest BCUT2D eigenvalue weighted by Crippen LogP contribution is 2.22. The first-order valence-corrected chi connectivity index (χ1v) is 6.68. The summed E-state index contributed by atoms with van der Waals surface area (Å²) < 4.78 is 5.62. The Morgan fingerprint density at radius 3 is 2.95 bits per heavy atom. The van der Waals surface area contributed by atoms with Crippen LogP contribution in [0, 0.1) is 5.92 Å². The van der Waals surface area contributed by atoms with Gasteiger partial charge in [0.25, 0.3) is 5.91 Å². The number of likely N-dealkylation sites (tertiary alicyclic amines) is 1. The van der Waals surface area contributed by atoms with Crippen molar-refractivity contribution in [2.45, 2.75) is 19.4 Å². The molecule has 0 bridgehead atoms. The summed E-state index contributed by atoms with van der Waals surface area (Å²) in [5.74, 6) is 0.723. The molecule has 3 rings (SSSR count). The second-order valence-corrected chi connectivity index (χ2v) is 5.33. The van der Waals surface area contributed by atoms with Gasteiger partial charge in [-0.3, -0.25) is 4.79 Å². The number of rotatable bonds is 1. The van der Waals surface area contributed by atoms with E-state index in [0.29, 0.717) is 24.8 Å². The molecule has 1 aliphatic heterocycles. The van der Waals surface area contributed by atoms with E-state index in [9.17, 15) is 4.79 Å². The standard InChI is InChI=1S/C15H18N2O2/c1-10-9-17(7-6-12(10)16)15(18)14-8-11-4-2-3-5-13(11)19-14/h2-5,8,10,12H,6-7,9,16H2,1H3. The number of benzene rings is 1. The zero-order valence-electron chi connectivity index (χ0n) is 11.0. The Morgan fingerprint density at radius 2 is 2.21 bits per heavy atom. The minimum atomic E-state index is -0.0325. The van der Waals surface area contributed by atoms with E-state index in [2.05, 4.69) is 6.92 Å². The number of amides is 1. The smallest absolute Gasteiger partial charge is 0.289 e. The number of piperidine rings is 1. The summed E-state index contributed by atoms with van der Waals surface area (Å²) in [4.78, 5) is 14.3. The monoisotopic (exact) mass is 258 g/mol. The Hall–Kier alpha value is -1.81. The lowest BCUT2D eigenvalue weighted by Crippen LogP contribution is -2.48. The van der Waals surface area contributed by atoms with E-state index in [1.165, 1.54) is 0 Å². The molecule has 1 aromatic carbocycles. The van der Waals surface area contributed by atoms with Crippen LogP contribution in [-0.2, 0) is 0 Å². The number of hydrogen-bond donors (Lipinski definition) is 1. The Labute approximate surface area is 112 Å². The third kappa shape index (κ3) is 2.24. The first-order valence-electron chi connectivity index (χ1n) is 6.68. The van der Waals surface area contributed by atoms with Crippen LogP contribution in [-0.4, -0.2) is 29.9 Å². The summed E-state index contributed by atoms with van der Waals surface area (Å²) >= 11 is 0. The number of hydrogen-bond acceptors (Lipinski definition) is 3. The van der Waals surface area contributed by atoms with Gasteiger partial charge in [-0.25, -0.2) is 0 Å². The van der Waals surface area contributed by atoms with Gasteiger partial charge in [0.1, 0.15) is 5.58 Å². The molecule has 0 radical (unpaired) electrons. The van der Waals surface area contributed by atoms with Crippen LogP contribution in [0.3, 0.4) is 0 Å². The van der Waals surface area contributed by atoms with Gasteiger partial charge in [-0.1, -0.05) is 25.1 Å². The third-order valence-corrected chi connectivity index (χ3v) is 3.90. The molecule has 2 unspecified atom stereocenters. The molecule has 2 N–H and O–H groups in total. The predicted molar refractivity (Wildman–Crippen MR) is 73.9 cm³/mol. The molecule has 0 spiro atoms. The minimum absolute atomic E-state index is 0.0325. The molecule has 2 aromatic rings. The maximum Gasteiger partial charge on any atom is 0.289 e. The van der Waals surface area contributed by atoms with Crippen LogP contribution in [0.1, 0.15) is 23.9 Å². The first-order chi connectivity index (χ1) is 9.15. The summed E-state index contributed by atoms with van der Waals surface area (Å²) in [5, 5.41) is 0.965. The Morgan fingerprint density at radius 1 is 1.42 bits per heavy atom. The molecule has 0 saturated carbocycles. The van der Waals surface area contributed by atoms with Crippen molar-refractivity contribution in [1.29, 1.82) is 0 Å². The molecular formula is C15H18N2O2. The van der Waals surface area contributed by atoms with Crippen LogP contribution in [0.25, 0.3) is 11.0 Å². The zero-order valence-corrected chi connectivity index (χ0v) is 11.0. The van der Waals surface area contributed by atoms with E-state index in [1.807, 2.05) is 35.2 Å². The molecule has 1 fully saturated rings. The summed E-state index contributed by atoms with van der Waals surface area (Å²) in [7, 11) is 0. The lowest BCUT2D eigenvalue weighted by atomic mass is 9.95. The van der Waals surface area contributed by atoms with Gasteiger partial charge in [0.05, 0.1) is 0 Å². The molecular weight excluding hydrogens is 240 g/mol. The maximum absolute atomic E-state index is 12.4. The van der Waals surface area contributed by atoms with Gasteiger partial charge in [-0.15, -0.1) is 0 Å². The molecule has 2 atom stereocenters. The van der Waals surface area contributed by atoms with Crippen molar-refractivity contribution in [1.82, 2.24) is 4.90 Å². The van der Waals surface area contributed by atoms with Crippen molar-refractivity contribution >= 4 is 16.9 Å². The van der Waals surface area contributed by atoms with Gasteiger partial charge in [-0.05, 0) is 24.5 Å². The Bertz CT molecular complexity index is 572. The number of para-hydroxylation sites is 1. The highest BCUT2D eigenvalue weighted by Gasteiger charge is 2.28. The second-order valence-electron chi connectivity index (χ2n) is 5.33. The van der Waals surface area contributed by atoms with E-state index in [0.717, 1.165) is 17.4 Å². The summed E-state index contributed by atoms with van der Waals surface area (Å²) in [6.45, 7) is 3.50. The van der Waals surface area contributed by atoms with Crippen LogP contribution in [0.4, 0.5) is 0 Å². The largest absolute Gasteiger partial charge is 0.451 e. The molecule has 1 amide bonds. The number of carbonyl (C=O) groups excluding carboxylic acids is 1. The predicted octanol–water partition coefficient (Wildman–Crippen LogP) is 2.24. The van der Waals surface area contributed by atoms with Crippen molar-refractivity contribution in [3.63, 3.8) is 0 Å². The molecule has 19 heavy (non-hydrogen) atoms. The van der Waals surface area contributed by atoms with Crippen LogP contribution in [0.2, 0.25) is 0 Å². The molecule has 1 saturated heterocycles. The minimum Gasteiger partial charge on any atom is -0.451 e. The van der Waals surface area contributed by atoms with Crippen LogP contribution in [0.15, 0.2) is 34.7 Å². The zero-order chi connectivity index (χ0) is 13.4. The van der Waals surface area contributed by atoms with Crippen LogP contribution in [0.5, 0.6) is 0 Å². The molecule has 100 valence electrons. The molecule has 2 heterocycles. The Balaban J connectivity index is 1.83. The van der Waals surface area contributed by atoms with Crippen molar-refractivity contribution < 1.29 is 9.21 Å². The molecule has 1 aliphatic rings. The number of furan rings is 1. The van der Waals surface area contributed by atoms with E-state index in [4.69, 9.17) is 10.2 Å². The first kappa shape index (κ1) is 12.2. The molecule has 4 nitrogen and oxygen atoms in total. The maximum atomic E-state index is 12.4. The van der Waals surface area contributed by atoms with E-state index in [1.54, 1.807) is 0 Å². The van der Waals surface area contributed by atoms with Gasteiger partial charge in [0.2, 0.25) is 0 Å². The fourth-order valence-electron chi connectivity index (χ4n) is 2.59. The number of nitrogens with two attached hydrogens (primary N) is 1. The van der Waals surface area contributed by atoms with Crippen LogP contribution < -0.4 is 5.73 Å². The number of carbonyl (C=O) groups is 1. The Kier molecular flexibility index (Phi) is 3.03. The normalized spacial score (nSPS) is 23.8. The summed E-state index contributed by atoms with van der Waals surface area (Å²) in [6.07, 6.45) is 0.854. The van der Waals surface area contributed by atoms with Gasteiger partial charge >= 0.3 is 0 Å². The molecule has 4 heteroatoms. The summed E-state index contributed by atoms with van der Waals surface area (Å²) in [6, 6.07) is 9.68. The SMILES string of the molecule is CC1CN(C(=O)c2cc3ccccc3o2)CCC1N. The molecule has 0 aliphatic carbocycles. The average Bonchev–Trinajstić information content (AvgIpc) is 2.85. The fourth-order valence-corrected chi connectivity index (χ4v) is 2.59. The highest BCUT2D eigenvalue weighted by atomic mass is 16.3. The molecule has 1 aromatic heterocycles. The third-order valence-electron chi connectivity index (χ3n) is 3.90. The highest BCUT2D eigenvalue weighted by molar-refractivity contribution is 5.96. The number of fused-ring (bicyclic) bond motifs is 1. The average molecular weight is 258 g/mol. The quantitative estimate of drug-likeness (QED) is 0.853. The van der Waals surface area contributed by atoms with Gasteiger partial charge in [0, 0.05) is 24.5 Å². The lowest BCUT2D eigenvalue weighted by molar-refractivity contribution is 0.0634. The number of nitrogens with zero attached hydrogens (tertiary/aromatic N) is 1. The van der Waals surface area contributed by atoms with Gasteiger partial charge in [0.15, 0.2) is 5.76 Å². The van der Waals surface area contributed by atoms with E-state index >= 15 is 0 Å². The summed E-state index contributed by atoms with van der Waals surface area (Å²) in [5.41, 5.74) is 6.74. The van der Waals surface area contributed by atoms with E-state index in [-0.39, 0.29) is 11.9 Å². The van der Waals surface area contributed by atoms with Crippen molar-refractivity contribution in [3.8, 4) is 0 Å². The van der Waals surface area contributed by atoms with E-state index < -0.39 is 0 Å².